The summed E-state index contributed by atoms with van der Waals surface area (Å²) >= 11 is 5.63. The van der Waals surface area contributed by atoms with Gasteiger partial charge in [0.1, 0.15) is 0 Å². The number of amides is 1. The Morgan fingerprint density at radius 2 is 2.50 bits per heavy atom. The van der Waals surface area contributed by atoms with Crippen LogP contribution in [0.2, 0.25) is 5.22 Å². The molecule has 0 fully saturated rings. The predicted molar refractivity (Wildman–Crippen MR) is 50.9 cm³/mol. The van der Waals surface area contributed by atoms with Crippen LogP contribution in [0.5, 0.6) is 0 Å². The Hall–Kier alpha value is -1.47. The molecular weight excluding hydrogens is 204 g/mol. The van der Waals surface area contributed by atoms with Crippen molar-refractivity contribution in [3.63, 3.8) is 0 Å². The van der Waals surface area contributed by atoms with E-state index in [2.05, 4.69) is 0 Å². The molecule has 0 aromatic carbocycles. The maximum Gasteiger partial charge on any atom is 0.258 e. The van der Waals surface area contributed by atoms with Gasteiger partial charge in [-0.05, 0) is 17.7 Å². The van der Waals surface area contributed by atoms with Crippen LogP contribution in [0.25, 0.3) is 0 Å². The van der Waals surface area contributed by atoms with Crippen molar-refractivity contribution < 1.29 is 9.21 Å². The van der Waals surface area contributed by atoms with E-state index in [-0.39, 0.29) is 11.1 Å². The fourth-order valence-electron chi connectivity index (χ4n) is 0.971. The van der Waals surface area contributed by atoms with Crippen molar-refractivity contribution in [3.8, 4) is 6.07 Å². The van der Waals surface area contributed by atoms with Crippen LogP contribution < -0.4 is 0 Å². The lowest BCUT2D eigenvalue weighted by Crippen LogP contribution is -2.27. The van der Waals surface area contributed by atoms with Crippen LogP contribution in [0.3, 0.4) is 0 Å². The number of carbonyl (C=O) groups is 1. The van der Waals surface area contributed by atoms with Crippen molar-refractivity contribution in [2.24, 2.45) is 0 Å². The van der Waals surface area contributed by atoms with Gasteiger partial charge in [-0.15, -0.1) is 0 Å². The van der Waals surface area contributed by atoms with Gasteiger partial charge in [-0.3, -0.25) is 4.79 Å². The Bertz CT molecular complexity index is 367. The molecule has 0 aliphatic rings. The molecule has 5 heteroatoms. The summed E-state index contributed by atoms with van der Waals surface area (Å²) in [6.07, 6.45) is 1.66. The highest BCUT2D eigenvalue weighted by Gasteiger charge is 2.16. The van der Waals surface area contributed by atoms with Gasteiger partial charge in [0.2, 0.25) is 5.22 Å². The predicted octanol–water partition coefficient (Wildman–Crippen LogP) is 1.92. The van der Waals surface area contributed by atoms with E-state index in [1.165, 1.54) is 17.2 Å². The summed E-state index contributed by atoms with van der Waals surface area (Å²) in [7, 11) is 1.61. The first-order chi connectivity index (χ1) is 6.66. The summed E-state index contributed by atoms with van der Waals surface area (Å²) in [6.45, 7) is 0.386. The van der Waals surface area contributed by atoms with E-state index in [1.54, 1.807) is 7.05 Å². The first-order valence-corrected chi connectivity index (χ1v) is 4.40. The number of furan rings is 1. The molecule has 0 radical (unpaired) electrons. The third kappa shape index (κ3) is 2.27. The van der Waals surface area contributed by atoms with Gasteiger partial charge in [0, 0.05) is 13.6 Å². The van der Waals surface area contributed by atoms with Crippen LogP contribution in [0.15, 0.2) is 16.7 Å². The zero-order chi connectivity index (χ0) is 10.6. The highest BCUT2D eigenvalue weighted by Crippen LogP contribution is 2.17. The van der Waals surface area contributed by atoms with Crippen LogP contribution in [-0.2, 0) is 0 Å². The van der Waals surface area contributed by atoms with Gasteiger partial charge in [0.25, 0.3) is 5.91 Å². The maximum atomic E-state index is 11.6. The van der Waals surface area contributed by atoms with E-state index in [4.69, 9.17) is 21.3 Å². The summed E-state index contributed by atoms with van der Waals surface area (Å²) in [5, 5.41) is 8.43. The Balaban J connectivity index is 2.67. The first kappa shape index (κ1) is 10.6. The minimum absolute atomic E-state index is 0.0822. The van der Waals surface area contributed by atoms with E-state index in [0.29, 0.717) is 18.5 Å². The number of hydrogen-bond donors (Lipinski definition) is 0. The van der Waals surface area contributed by atoms with Gasteiger partial charge >= 0.3 is 0 Å². The molecule has 1 aromatic heterocycles. The third-order valence-corrected chi connectivity index (χ3v) is 2.05. The number of halogens is 1. The largest absolute Gasteiger partial charge is 0.452 e. The lowest BCUT2D eigenvalue weighted by molar-refractivity contribution is 0.0797. The Kier molecular flexibility index (Phi) is 3.55. The molecule has 1 amide bonds. The fraction of sp³-hybridized carbons (Fsp3) is 0.333. The van der Waals surface area contributed by atoms with Crippen LogP contribution >= 0.6 is 11.6 Å². The molecule has 4 nitrogen and oxygen atoms in total. The van der Waals surface area contributed by atoms with E-state index in [1.807, 2.05) is 6.07 Å². The SMILES string of the molecule is CN(CCC#N)C(=O)c1ccoc1Cl. The molecule has 0 saturated carbocycles. The van der Waals surface area contributed by atoms with Gasteiger partial charge in [-0.2, -0.15) is 5.26 Å². The molecule has 0 aliphatic carbocycles. The Labute approximate surface area is 86.7 Å². The number of nitrogens with zero attached hydrogens (tertiary/aromatic N) is 2. The Morgan fingerprint density at radius 1 is 1.79 bits per heavy atom. The highest BCUT2D eigenvalue weighted by atomic mass is 35.5. The van der Waals surface area contributed by atoms with Crippen LogP contribution in [0.4, 0.5) is 0 Å². The summed E-state index contributed by atoms with van der Waals surface area (Å²) < 4.78 is 4.79. The second-order valence-corrected chi connectivity index (χ2v) is 3.09. The van der Waals surface area contributed by atoms with Crippen molar-refractivity contribution in [2.75, 3.05) is 13.6 Å². The monoisotopic (exact) mass is 212 g/mol. The lowest BCUT2D eigenvalue weighted by Gasteiger charge is -2.13. The summed E-state index contributed by atoms with van der Waals surface area (Å²) in [5.74, 6) is -0.237. The quantitative estimate of drug-likeness (QED) is 0.769. The molecule has 0 bridgehead atoms. The van der Waals surface area contributed by atoms with Gasteiger partial charge in [-0.25, -0.2) is 0 Å². The van der Waals surface area contributed by atoms with Gasteiger partial charge in [0.15, 0.2) is 0 Å². The number of hydrogen-bond acceptors (Lipinski definition) is 3. The zero-order valence-electron chi connectivity index (χ0n) is 7.66. The standard InChI is InChI=1S/C9H9ClN2O2/c1-12(5-2-4-11)9(13)7-3-6-14-8(7)10/h3,6H,2,5H2,1H3. The number of rotatable bonds is 3. The summed E-state index contributed by atoms with van der Waals surface area (Å²) in [4.78, 5) is 13.0. The normalized spacial score (nSPS) is 9.50. The minimum Gasteiger partial charge on any atom is -0.452 e. The molecule has 0 spiro atoms. The second-order valence-electron chi connectivity index (χ2n) is 2.74. The number of carbonyl (C=O) groups excluding carboxylic acids is 1. The summed E-state index contributed by atoms with van der Waals surface area (Å²) in [6, 6.07) is 3.47. The van der Waals surface area contributed by atoms with Gasteiger partial charge in [0.05, 0.1) is 24.3 Å². The second kappa shape index (κ2) is 4.68. The molecule has 14 heavy (non-hydrogen) atoms. The first-order valence-electron chi connectivity index (χ1n) is 4.02. The zero-order valence-corrected chi connectivity index (χ0v) is 8.41. The number of nitriles is 1. The Morgan fingerprint density at radius 3 is 3.00 bits per heavy atom. The average molecular weight is 213 g/mol. The van der Waals surface area contributed by atoms with E-state index in [9.17, 15) is 4.79 Å². The van der Waals surface area contributed by atoms with Crippen molar-refractivity contribution in [3.05, 3.63) is 23.1 Å². The third-order valence-electron chi connectivity index (χ3n) is 1.75. The minimum atomic E-state index is -0.237. The molecule has 0 unspecified atom stereocenters. The highest BCUT2D eigenvalue weighted by molar-refractivity contribution is 6.32. The molecule has 1 aromatic rings. The molecule has 0 saturated heterocycles. The van der Waals surface area contributed by atoms with Crippen LogP contribution in [0, 0.1) is 11.3 Å². The van der Waals surface area contributed by atoms with Crippen molar-refractivity contribution in [1.82, 2.24) is 4.90 Å². The smallest absolute Gasteiger partial charge is 0.258 e. The molecule has 0 N–H and O–H groups in total. The molecule has 1 heterocycles. The summed E-state index contributed by atoms with van der Waals surface area (Å²) in [5.41, 5.74) is 0.326. The fourth-order valence-corrected chi connectivity index (χ4v) is 1.17. The topological polar surface area (TPSA) is 57.2 Å². The lowest BCUT2D eigenvalue weighted by atomic mass is 10.3. The molecule has 1 rings (SSSR count). The van der Waals surface area contributed by atoms with Crippen LogP contribution in [-0.4, -0.2) is 24.4 Å². The van der Waals surface area contributed by atoms with E-state index < -0.39 is 0 Å². The van der Waals surface area contributed by atoms with Gasteiger partial charge in [-0.1, -0.05) is 0 Å². The molecule has 0 aliphatic heterocycles. The van der Waals surface area contributed by atoms with Crippen molar-refractivity contribution in [2.45, 2.75) is 6.42 Å². The maximum absolute atomic E-state index is 11.6. The molecule has 74 valence electrons. The van der Waals surface area contributed by atoms with Gasteiger partial charge < -0.3 is 9.32 Å². The van der Waals surface area contributed by atoms with Crippen molar-refractivity contribution >= 4 is 17.5 Å². The van der Waals surface area contributed by atoms with E-state index in [0.717, 1.165) is 0 Å². The van der Waals surface area contributed by atoms with Crippen molar-refractivity contribution in [1.29, 1.82) is 5.26 Å². The average Bonchev–Trinajstić information content (AvgIpc) is 2.59. The van der Waals surface area contributed by atoms with Crippen LogP contribution in [0.1, 0.15) is 16.8 Å². The molecule has 0 atom stereocenters. The van der Waals surface area contributed by atoms with E-state index >= 15 is 0 Å². The molecular formula is C9H9ClN2O2.